The lowest BCUT2D eigenvalue weighted by Gasteiger charge is -2.21. The molecule has 4 nitrogen and oxygen atoms in total. The second kappa shape index (κ2) is 5.88. The van der Waals surface area contributed by atoms with Gasteiger partial charge in [-0.25, -0.2) is 4.79 Å². The van der Waals surface area contributed by atoms with Crippen molar-refractivity contribution >= 4 is 39.6 Å². The van der Waals surface area contributed by atoms with Gasteiger partial charge in [-0.2, -0.15) is 13.2 Å². The third-order valence-corrected chi connectivity index (χ3v) is 4.65. The quantitative estimate of drug-likeness (QED) is 0.852. The lowest BCUT2D eigenvalue weighted by molar-refractivity contribution is -0.141. The number of carboxylic acid groups (broad SMARTS) is 1. The van der Waals surface area contributed by atoms with Crippen molar-refractivity contribution in [3.63, 3.8) is 0 Å². The first kappa shape index (κ1) is 16.2. The van der Waals surface area contributed by atoms with Crippen molar-refractivity contribution < 1.29 is 27.9 Å². The Morgan fingerprint density at radius 2 is 2.05 bits per heavy atom. The minimum atomic E-state index is -4.60. The van der Waals surface area contributed by atoms with Crippen LogP contribution >= 0.6 is 27.7 Å². The molecule has 9 heteroatoms. The summed E-state index contributed by atoms with van der Waals surface area (Å²) in [6.07, 6.45) is -4.60. The molecule has 1 amide bonds. The molecule has 1 aromatic carbocycles. The number of amides is 1. The van der Waals surface area contributed by atoms with Gasteiger partial charge in [0.15, 0.2) is 0 Å². The fraction of sp³-hybridized carbons (Fsp3) is 0.333. The van der Waals surface area contributed by atoms with Gasteiger partial charge in [0.2, 0.25) is 0 Å². The van der Waals surface area contributed by atoms with Gasteiger partial charge < -0.3 is 10.0 Å². The Kier molecular flexibility index (Phi) is 4.52. The minimum Gasteiger partial charge on any atom is -0.480 e. The predicted octanol–water partition coefficient (Wildman–Crippen LogP) is 3.07. The predicted molar refractivity (Wildman–Crippen MR) is 74.1 cm³/mol. The Morgan fingerprint density at radius 3 is 2.62 bits per heavy atom. The minimum absolute atomic E-state index is 0.146. The number of thioether (sulfide) groups is 1. The fourth-order valence-corrected chi connectivity index (χ4v) is 3.51. The topological polar surface area (TPSA) is 57.6 Å². The van der Waals surface area contributed by atoms with Crippen LogP contribution in [0.2, 0.25) is 0 Å². The molecule has 114 valence electrons. The number of aliphatic carboxylic acids is 1. The van der Waals surface area contributed by atoms with E-state index in [1.165, 1.54) is 17.8 Å². The second-order valence-electron chi connectivity index (χ2n) is 4.32. The molecule has 0 bridgehead atoms. The van der Waals surface area contributed by atoms with E-state index in [-0.39, 0.29) is 21.7 Å². The zero-order valence-corrected chi connectivity index (χ0v) is 12.8. The van der Waals surface area contributed by atoms with Gasteiger partial charge in [0.1, 0.15) is 6.04 Å². The van der Waals surface area contributed by atoms with E-state index < -0.39 is 29.7 Å². The second-order valence-corrected chi connectivity index (χ2v) is 6.18. The van der Waals surface area contributed by atoms with E-state index in [9.17, 15) is 22.8 Å². The van der Waals surface area contributed by atoms with Crippen molar-refractivity contribution in [3.8, 4) is 0 Å². The van der Waals surface area contributed by atoms with Crippen molar-refractivity contribution in [2.24, 2.45) is 0 Å². The van der Waals surface area contributed by atoms with Crippen LogP contribution < -0.4 is 0 Å². The van der Waals surface area contributed by atoms with Gasteiger partial charge in [0.25, 0.3) is 5.91 Å². The van der Waals surface area contributed by atoms with Gasteiger partial charge in [-0.3, -0.25) is 4.79 Å². The summed E-state index contributed by atoms with van der Waals surface area (Å²) in [6.45, 7) is 0. The number of alkyl halides is 3. The zero-order valence-electron chi connectivity index (χ0n) is 10.4. The Balaban J connectivity index is 2.34. The number of carbonyl (C=O) groups is 2. The summed E-state index contributed by atoms with van der Waals surface area (Å²) in [4.78, 5) is 24.3. The average molecular weight is 384 g/mol. The largest absolute Gasteiger partial charge is 0.480 e. The molecule has 1 aromatic rings. The summed E-state index contributed by atoms with van der Waals surface area (Å²) < 4.78 is 38.3. The van der Waals surface area contributed by atoms with Crippen LogP contribution in [0, 0.1) is 0 Å². The Labute approximate surface area is 130 Å². The first-order chi connectivity index (χ1) is 9.71. The third kappa shape index (κ3) is 3.34. The van der Waals surface area contributed by atoms with Gasteiger partial charge in [-0.05, 0) is 18.2 Å². The molecule has 1 aliphatic rings. The number of benzene rings is 1. The smallest absolute Gasteiger partial charge is 0.417 e. The van der Waals surface area contributed by atoms with E-state index in [1.54, 1.807) is 0 Å². The van der Waals surface area contributed by atoms with E-state index in [0.717, 1.165) is 17.0 Å². The number of nitrogens with zero attached hydrogens (tertiary/aromatic N) is 1. The monoisotopic (exact) mass is 383 g/mol. The highest BCUT2D eigenvalue weighted by atomic mass is 79.9. The number of carbonyl (C=O) groups excluding carboxylic acids is 1. The number of halogens is 4. The Bertz CT molecular complexity index is 594. The van der Waals surface area contributed by atoms with Crippen LogP contribution in [0.4, 0.5) is 13.2 Å². The summed E-state index contributed by atoms with van der Waals surface area (Å²) in [6, 6.07) is 2.09. The Hall–Kier alpha value is -1.22. The zero-order chi connectivity index (χ0) is 15.8. The van der Waals surface area contributed by atoms with Gasteiger partial charge >= 0.3 is 12.1 Å². The molecular formula is C12H9BrF3NO3S. The normalized spacial score (nSPS) is 18.9. The van der Waals surface area contributed by atoms with Gasteiger partial charge in [-0.1, -0.05) is 15.9 Å². The van der Waals surface area contributed by atoms with Crippen molar-refractivity contribution in [1.29, 1.82) is 0 Å². The molecule has 2 rings (SSSR count). The molecule has 0 saturated carbocycles. The molecule has 21 heavy (non-hydrogen) atoms. The molecular weight excluding hydrogens is 375 g/mol. The first-order valence-electron chi connectivity index (χ1n) is 5.70. The number of carboxylic acids is 1. The fourth-order valence-electron chi connectivity index (χ4n) is 1.89. The van der Waals surface area contributed by atoms with Crippen molar-refractivity contribution in [3.05, 3.63) is 33.8 Å². The van der Waals surface area contributed by atoms with E-state index in [2.05, 4.69) is 15.9 Å². The van der Waals surface area contributed by atoms with Gasteiger partial charge in [0.05, 0.1) is 11.4 Å². The maximum Gasteiger partial charge on any atom is 0.417 e. The number of rotatable bonds is 2. The molecule has 1 saturated heterocycles. The van der Waals surface area contributed by atoms with Crippen LogP contribution in [-0.2, 0) is 11.0 Å². The number of hydrogen-bond acceptors (Lipinski definition) is 3. The summed E-state index contributed by atoms with van der Waals surface area (Å²) in [5.41, 5.74) is -1.15. The maximum atomic E-state index is 12.8. The van der Waals surface area contributed by atoms with Gasteiger partial charge in [-0.15, -0.1) is 11.8 Å². The highest BCUT2D eigenvalue weighted by molar-refractivity contribution is 9.10. The van der Waals surface area contributed by atoms with Crippen LogP contribution in [0.3, 0.4) is 0 Å². The van der Waals surface area contributed by atoms with Crippen LogP contribution in [-0.4, -0.2) is 39.6 Å². The van der Waals surface area contributed by atoms with E-state index in [4.69, 9.17) is 5.11 Å². The molecule has 1 aliphatic heterocycles. The van der Waals surface area contributed by atoms with Crippen LogP contribution in [0.25, 0.3) is 0 Å². The third-order valence-electron chi connectivity index (χ3n) is 2.95. The molecule has 0 aromatic heterocycles. The SMILES string of the molecule is O=C(O)[C@@H]1CSCN1C(=O)c1ccc(Br)c(C(F)(F)F)c1. The molecule has 0 unspecified atom stereocenters. The van der Waals surface area contributed by atoms with Gasteiger partial charge in [0, 0.05) is 15.8 Å². The molecule has 1 N–H and O–H groups in total. The highest BCUT2D eigenvalue weighted by Crippen LogP contribution is 2.36. The van der Waals surface area contributed by atoms with Crippen molar-refractivity contribution in [1.82, 2.24) is 4.90 Å². The molecule has 1 heterocycles. The summed E-state index contributed by atoms with van der Waals surface area (Å²) in [7, 11) is 0. The molecule has 1 fully saturated rings. The summed E-state index contributed by atoms with van der Waals surface area (Å²) >= 11 is 4.04. The summed E-state index contributed by atoms with van der Waals surface area (Å²) in [5, 5.41) is 9.01. The van der Waals surface area contributed by atoms with E-state index >= 15 is 0 Å². The molecule has 0 radical (unpaired) electrons. The lowest BCUT2D eigenvalue weighted by atomic mass is 10.1. The van der Waals surface area contributed by atoms with E-state index in [0.29, 0.717) is 0 Å². The van der Waals surface area contributed by atoms with Crippen LogP contribution in [0.1, 0.15) is 15.9 Å². The molecule has 1 atom stereocenters. The van der Waals surface area contributed by atoms with Crippen LogP contribution in [0.15, 0.2) is 22.7 Å². The molecule has 0 spiro atoms. The highest BCUT2D eigenvalue weighted by Gasteiger charge is 2.37. The van der Waals surface area contributed by atoms with Crippen LogP contribution in [0.5, 0.6) is 0 Å². The van der Waals surface area contributed by atoms with Crippen molar-refractivity contribution in [2.75, 3.05) is 11.6 Å². The van der Waals surface area contributed by atoms with Crippen molar-refractivity contribution in [2.45, 2.75) is 12.2 Å². The summed E-state index contributed by atoms with van der Waals surface area (Å²) in [5.74, 6) is -1.51. The average Bonchev–Trinajstić information content (AvgIpc) is 2.86. The Morgan fingerprint density at radius 1 is 1.38 bits per heavy atom. The standard InChI is InChI=1S/C12H9BrF3NO3S/c13-8-2-1-6(3-7(8)12(14,15)16)10(18)17-5-21-4-9(17)11(19)20/h1-3,9H,4-5H2,(H,19,20)/t9-/m0/s1. The maximum absolute atomic E-state index is 12.8. The lowest BCUT2D eigenvalue weighted by Crippen LogP contribution is -2.41. The number of hydrogen-bond donors (Lipinski definition) is 1. The molecule has 0 aliphatic carbocycles. The first-order valence-corrected chi connectivity index (χ1v) is 7.65. The van der Waals surface area contributed by atoms with E-state index in [1.807, 2.05) is 0 Å².